The fourth-order valence-electron chi connectivity index (χ4n) is 2.37. The number of anilines is 2. The van der Waals surface area contributed by atoms with Crippen molar-refractivity contribution in [3.8, 4) is 0 Å². The fraction of sp³-hybridized carbons (Fsp3) is 0.211. The highest BCUT2D eigenvalue weighted by Crippen LogP contribution is 2.11. The number of aromatic nitrogens is 3. The van der Waals surface area contributed by atoms with Crippen LogP contribution in [0.2, 0.25) is 0 Å². The van der Waals surface area contributed by atoms with Crippen LogP contribution in [0, 0.1) is 0 Å². The van der Waals surface area contributed by atoms with E-state index < -0.39 is 0 Å². The first-order valence-corrected chi connectivity index (χ1v) is 8.02. The quantitative estimate of drug-likeness (QED) is 0.725. The fourth-order valence-corrected chi connectivity index (χ4v) is 2.37. The number of hydrogen-bond donors (Lipinski definition) is 1. The van der Waals surface area contributed by atoms with Crippen molar-refractivity contribution in [1.82, 2.24) is 15.0 Å². The van der Waals surface area contributed by atoms with Crippen LogP contribution in [0.3, 0.4) is 0 Å². The van der Waals surface area contributed by atoms with E-state index in [4.69, 9.17) is 0 Å². The van der Waals surface area contributed by atoms with Crippen molar-refractivity contribution in [2.75, 3.05) is 23.8 Å². The molecule has 0 unspecified atom stereocenters. The van der Waals surface area contributed by atoms with E-state index in [1.54, 1.807) is 6.20 Å². The van der Waals surface area contributed by atoms with Gasteiger partial charge in [0.1, 0.15) is 5.82 Å². The van der Waals surface area contributed by atoms with Crippen LogP contribution in [0.15, 0.2) is 67.1 Å². The van der Waals surface area contributed by atoms with Crippen LogP contribution in [0.5, 0.6) is 0 Å². The van der Waals surface area contributed by atoms with Gasteiger partial charge in [-0.3, -0.25) is 4.98 Å². The van der Waals surface area contributed by atoms with Crippen molar-refractivity contribution < 1.29 is 0 Å². The molecule has 0 aliphatic carbocycles. The van der Waals surface area contributed by atoms with Crippen molar-refractivity contribution in [3.05, 3.63) is 78.2 Å². The third-order valence-corrected chi connectivity index (χ3v) is 3.79. The number of rotatable bonds is 7. The molecule has 0 aliphatic heterocycles. The van der Waals surface area contributed by atoms with E-state index in [1.807, 2.05) is 55.8 Å². The van der Waals surface area contributed by atoms with Crippen molar-refractivity contribution >= 4 is 11.8 Å². The molecule has 1 N–H and O–H groups in total. The van der Waals surface area contributed by atoms with Crippen LogP contribution in [0.25, 0.3) is 0 Å². The monoisotopic (exact) mass is 319 g/mol. The zero-order valence-electron chi connectivity index (χ0n) is 13.8. The highest BCUT2D eigenvalue weighted by molar-refractivity contribution is 5.41. The number of nitrogens with one attached hydrogen (secondary N) is 1. The molecule has 5 heteroatoms. The molecule has 0 fully saturated rings. The van der Waals surface area contributed by atoms with Gasteiger partial charge in [-0.1, -0.05) is 30.3 Å². The Morgan fingerprint density at radius 2 is 1.71 bits per heavy atom. The van der Waals surface area contributed by atoms with Crippen molar-refractivity contribution in [1.29, 1.82) is 0 Å². The molecule has 0 atom stereocenters. The molecule has 3 aromatic rings. The third kappa shape index (κ3) is 4.52. The molecule has 0 amide bonds. The maximum absolute atomic E-state index is 4.59. The molecule has 3 rings (SSSR count). The first-order chi connectivity index (χ1) is 11.8. The molecule has 0 spiro atoms. The van der Waals surface area contributed by atoms with Gasteiger partial charge < -0.3 is 10.2 Å². The van der Waals surface area contributed by atoms with Crippen LogP contribution < -0.4 is 10.2 Å². The van der Waals surface area contributed by atoms with E-state index >= 15 is 0 Å². The molecule has 1 aromatic carbocycles. The van der Waals surface area contributed by atoms with E-state index in [2.05, 4.69) is 37.3 Å². The second-order valence-electron chi connectivity index (χ2n) is 5.61. The summed E-state index contributed by atoms with van der Waals surface area (Å²) in [4.78, 5) is 15.1. The van der Waals surface area contributed by atoms with Gasteiger partial charge in [0.25, 0.3) is 0 Å². The van der Waals surface area contributed by atoms with Gasteiger partial charge in [-0.25, -0.2) is 4.98 Å². The predicted octanol–water partition coefficient (Wildman–Crippen LogP) is 3.16. The van der Waals surface area contributed by atoms with E-state index in [-0.39, 0.29) is 0 Å². The summed E-state index contributed by atoms with van der Waals surface area (Å²) >= 11 is 0. The molecule has 2 aromatic heterocycles. The standard InChI is InChI=1S/C19H21N5/c1-24(14-10-16-7-11-20-12-8-16)19-21-13-9-18(23-19)22-15-17-5-3-2-4-6-17/h2-9,11-13H,10,14-15H2,1H3,(H,21,22,23). The highest BCUT2D eigenvalue weighted by atomic mass is 15.2. The summed E-state index contributed by atoms with van der Waals surface area (Å²) in [6.45, 7) is 1.60. The van der Waals surface area contributed by atoms with Crippen LogP contribution in [0.1, 0.15) is 11.1 Å². The second-order valence-corrected chi connectivity index (χ2v) is 5.61. The van der Waals surface area contributed by atoms with Gasteiger partial charge in [0.05, 0.1) is 0 Å². The normalized spacial score (nSPS) is 10.4. The van der Waals surface area contributed by atoms with Gasteiger partial charge in [-0.05, 0) is 35.7 Å². The lowest BCUT2D eigenvalue weighted by atomic mass is 10.2. The average Bonchev–Trinajstić information content (AvgIpc) is 2.66. The van der Waals surface area contributed by atoms with Crippen LogP contribution in [-0.4, -0.2) is 28.5 Å². The first-order valence-electron chi connectivity index (χ1n) is 8.02. The second kappa shape index (κ2) is 8.06. The number of likely N-dealkylation sites (N-methyl/N-ethyl adjacent to an activating group) is 1. The molecule has 24 heavy (non-hydrogen) atoms. The van der Waals surface area contributed by atoms with Crippen molar-refractivity contribution in [3.63, 3.8) is 0 Å². The van der Waals surface area contributed by atoms with E-state index in [0.29, 0.717) is 0 Å². The first kappa shape index (κ1) is 15.9. The number of hydrogen-bond acceptors (Lipinski definition) is 5. The van der Waals surface area contributed by atoms with Gasteiger partial charge in [-0.15, -0.1) is 0 Å². The van der Waals surface area contributed by atoms with E-state index in [0.717, 1.165) is 31.3 Å². The summed E-state index contributed by atoms with van der Waals surface area (Å²) in [5.41, 5.74) is 2.49. The number of nitrogens with zero attached hydrogens (tertiary/aromatic N) is 4. The van der Waals surface area contributed by atoms with Crippen LogP contribution >= 0.6 is 0 Å². The number of benzene rings is 1. The largest absolute Gasteiger partial charge is 0.366 e. The van der Waals surface area contributed by atoms with E-state index in [9.17, 15) is 0 Å². The summed E-state index contributed by atoms with van der Waals surface area (Å²) in [5, 5.41) is 3.34. The van der Waals surface area contributed by atoms with Gasteiger partial charge in [0, 0.05) is 38.7 Å². The lowest BCUT2D eigenvalue weighted by Gasteiger charge is -2.17. The molecule has 0 saturated heterocycles. The van der Waals surface area contributed by atoms with Gasteiger partial charge in [-0.2, -0.15) is 4.98 Å². The summed E-state index contributed by atoms with van der Waals surface area (Å²) in [6.07, 6.45) is 6.36. The Morgan fingerprint density at radius 1 is 0.917 bits per heavy atom. The highest BCUT2D eigenvalue weighted by Gasteiger charge is 2.06. The summed E-state index contributed by atoms with van der Waals surface area (Å²) in [7, 11) is 2.01. The summed E-state index contributed by atoms with van der Waals surface area (Å²) in [6, 6.07) is 16.2. The molecule has 0 radical (unpaired) electrons. The molecular formula is C19H21N5. The Labute approximate surface area is 142 Å². The smallest absolute Gasteiger partial charge is 0.226 e. The molecule has 0 aliphatic rings. The predicted molar refractivity (Wildman–Crippen MR) is 97.0 cm³/mol. The Kier molecular flexibility index (Phi) is 5.35. The van der Waals surface area contributed by atoms with Gasteiger partial charge in [0.15, 0.2) is 0 Å². The van der Waals surface area contributed by atoms with E-state index in [1.165, 1.54) is 11.1 Å². The minimum Gasteiger partial charge on any atom is -0.366 e. The topological polar surface area (TPSA) is 53.9 Å². The zero-order chi connectivity index (χ0) is 16.6. The average molecular weight is 319 g/mol. The summed E-state index contributed by atoms with van der Waals surface area (Å²) < 4.78 is 0. The maximum Gasteiger partial charge on any atom is 0.226 e. The molecular weight excluding hydrogens is 298 g/mol. The third-order valence-electron chi connectivity index (χ3n) is 3.79. The zero-order valence-corrected chi connectivity index (χ0v) is 13.8. The molecule has 5 nitrogen and oxygen atoms in total. The summed E-state index contributed by atoms with van der Waals surface area (Å²) in [5.74, 6) is 1.56. The number of pyridine rings is 1. The maximum atomic E-state index is 4.59. The molecule has 0 saturated carbocycles. The Balaban J connectivity index is 1.57. The van der Waals surface area contributed by atoms with Gasteiger partial charge >= 0.3 is 0 Å². The van der Waals surface area contributed by atoms with Crippen LogP contribution in [0.4, 0.5) is 11.8 Å². The molecule has 0 bridgehead atoms. The van der Waals surface area contributed by atoms with Crippen molar-refractivity contribution in [2.45, 2.75) is 13.0 Å². The van der Waals surface area contributed by atoms with Crippen molar-refractivity contribution in [2.24, 2.45) is 0 Å². The lowest BCUT2D eigenvalue weighted by molar-refractivity contribution is 0.836. The van der Waals surface area contributed by atoms with Crippen LogP contribution in [-0.2, 0) is 13.0 Å². The Morgan fingerprint density at radius 3 is 2.50 bits per heavy atom. The Hall–Kier alpha value is -2.95. The minimum absolute atomic E-state index is 0.724. The lowest BCUT2D eigenvalue weighted by Crippen LogP contribution is -2.22. The molecule has 122 valence electrons. The minimum atomic E-state index is 0.724. The SMILES string of the molecule is CN(CCc1ccncc1)c1nccc(NCc2ccccc2)n1. The molecule has 2 heterocycles. The Bertz CT molecular complexity index is 746. The van der Waals surface area contributed by atoms with Gasteiger partial charge in [0.2, 0.25) is 5.95 Å².